The van der Waals surface area contributed by atoms with E-state index in [4.69, 9.17) is 0 Å². The van der Waals surface area contributed by atoms with Gasteiger partial charge in [0, 0.05) is 37.7 Å². The molecule has 1 aliphatic rings. The highest BCUT2D eigenvalue weighted by Crippen LogP contribution is 2.28. The molecule has 180 valence electrons. The predicted molar refractivity (Wildman–Crippen MR) is 126 cm³/mol. The lowest BCUT2D eigenvalue weighted by Gasteiger charge is -2.36. The molecule has 0 radical (unpaired) electrons. The van der Waals surface area contributed by atoms with Crippen LogP contribution in [0.15, 0.2) is 48.8 Å². The number of likely N-dealkylation sites (tertiary alicyclic amines) is 1. The maximum Gasteiger partial charge on any atom is 0.245 e. The highest BCUT2D eigenvalue weighted by Gasteiger charge is 2.32. The number of benzene rings is 2. The topological polar surface area (TPSA) is 67.2 Å². The number of imidazole rings is 1. The van der Waals surface area contributed by atoms with Crippen LogP contribution in [0.2, 0.25) is 0 Å². The lowest BCUT2D eigenvalue weighted by Crippen LogP contribution is -2.49. The van der Waals surface area contributed by atoms with Crippen LogP contribution in [0.1, 0.15) is 44.7 Å². The molecule has 34 heavy (non-hydrogen) atoms. The molecule has 1 aliphatic heterocycles. The van der Waals surface area contributed by atoms with Crippen molar-refractivity contribution < 1.29 is 18.4 Å². The Bertz CT molecular complexity index is 1150. The Kier molecular flexibility index (Phi) is 7.24. The molecular weight excluding hydrogens is 438 g/mol. The van der Waals surface area contributed by atoms with E-state index in [9.17, 15) is 18.4 Å². The van der Waals surface area contributed by atoms with E-state index < -0.39 is 17.7 Å². The molecule has 1 fully saturated rings. The number of fused-ring (bicyclic) bond motifs is 1. The third-order valence-corrected chi connectivity index (χ3v) is 6.46. The second-order valence-corrected chi connectivity index (χ2v) is 9.25. The quantitative estimate of drug-likeness (QED) is 0.564. The van der Waals surface area contributed by atoms with Gasteiger partial charge in [-0.15, -0.1) is 0 Å². The van der Waals surface area contributed by atoms with Gasteiger partial charge in [0.15, 0.2) is 11.6 Å². The molecule has 2 aromatic carbocycles. The number of amides is 2. The molecule has 6 nitrogen and oxygen atoms in total. The molecular formula is C26H30F2N4O2. The number of piperidine rings is 1. The van der Waals surface area contributed by atoms with Gasteiger partial charge in [-0.2, -0.15) is 0 Å². The number of aromatic nitrogens is 2. The molecule has 2 amide bonds. The summed E-state index contributed by atoms with van der Waals surface area (Å²) in [5, 5.41) is 3.09. The maximum absolute atomic E-state index is 13.9. The number of carbonyl (C=O) groups is 2. The third-order valence-electron chi connectivity index (χ3n) is 6.46. The molecule has 4 rings (SSSR count). The van der Waals surface area contributed by atoms with Gasteiger partial charge in [-0.05, 0) is 30.7 Å². The van der Waals surface area contributed by atoms with E-state index in [1.165, 1.54) is 6.33 Å². The summed E-state index contributed by atoms with van der Waals surface area (Å²) in [6.07, 6.45) is 3.97. The smallest absolute Gasteiger partial charge is 0.245 e. The minimum Gasteiger partial charge on any atom is -0.353 e. The Morgan fingerprint density at radius 3 is 2.44 bits per heavy atom. The number of nitrogens with one attached hydrogen (secondary N) is 1. The Morgan fingerprint density at radius 1 is 1.09 bits per heavy atom. The molecule has 1 saturated heterocycles. The van der Waals surface area contributed by atoms with Gasteiger partial charge in [0.2, 0.25) is 11.8 Å². The Labute approximate surface area is 198 Å². The first-order valence-corrected chi connectivity index (χ1v) is 11.8. The zero-order valence-corrected chi connectivity index (χ0v) is 19.5. The number of halogens is 2. The molecule has 0 saturated carbocycles. The number of hydrogen-bond acceptors (Lipinski definition) is 3. The van der Waals surface area contributed by atoms with E-state index in [0.717, 1.165) is 17.7 Å². The first-order valence-electron chi connectivity index (χ1n) is 11.8. The summed E-state index contributed by atoms with van der Waals surface area (Å²) in [7, 11) is 0. The summed E-state index contributed by atoms with van der Waals surface area (Å²) in [5.74, 6) is -2.06. The molecule has 1 atom stereocenters. The van der Waals surface area contributed by atoms with Gasteiger partial charge in [-0.25, -0.2) is 13.8 Å². The van der Waals surface area contributed by atoms with Crippen molar-refractivity contribution in [3.05, 3.63) is 66.0 Å². The number of hydrogen-bond donors (Lipinski definition) is 1. The van der Waals surface area contributed by atoms with Gasteiger partial charge in [0.25, 0.3) is 0 Å². The van der Waals surface area contributed by atoms with Crippen LogP contribution >= 0.6 is 0 Å². The average molecular weight is 469 g/mol. The largest absolute Gasteiger partial charge is 0.353 e. The van der Waals surface area contributed by atoms with Gasteiger partial charge in [0.05, 0.1) is 17.4 Å². The van der Waals surface area contributed by atoms with Gasteiger partial charge in [0.1, 0.15) is 6.04 Å². The fourth-order valence-electron chi connectivity index (χ4n) is 4.60. The summed E-state index contributed by atoms with van der Waals surface area (Å²) in [6, 6.07) is 11.5. The Hall–Kier alpha value is -3.29. The van der Waals surface area contributed by atoms with Crippen molar-refractivity contribution in [1.29, 1.82) is 0 Å². The monoisotopic (exact) mass is 468 g/mol. The van der Waals surface area contributed by atoms with Gasteiger partial charge in [-0.1, -0.05) is 44.2 Å². The van der Waals surface area contributed by atoms with Crippen molar-refractivity contribution in [1.82, 2.24) is 19.8 Å². The number of aryl methyl sites for hydroxylation is 1. The van der Waals surface area contributed by atoms with Crippen molar-refractivity contribution in [2.75, 3.05) is 13.1 Å². The summed E-state index contributed by atoms with van der Waals surface area (Å²) in [4.78, 5) is 31.8. The molecule has 0 aliphatic carbocycles. The fraction of sp³-hybridized carbons (Fsp3) is 0.423. The van der Waals surface area contributed by atoms with E-state index in [2.05, 4.69) is 10.3 Å². The van der Waals surface area contributed by atoms with E-state index in [0.29, 0.717) is 49.8 Å². The summed E-state index contributed by atoms with van der Waals surface area (Å²) >= 11 is 0. The van der Waals surface area contributed by atoms with E-state index in [1.54, 1.807) is 9.47 Å². The molecule has 0 spiro atoms. The number of rotatable bonds is 7. The van der Waals surface area contributed by atoms with Crippen molar-refractivity contribution in [2.24, 2.45) is 5.92 Å². The Morgan fingerprint density at radius 2 is 1.76 bits per heavy atom. The molecule has 2 heterocycles. The van der Waals surface area contributed by atoms with Crippen LogP contribution in [0.3, 0.4) is 0 Å². The predicted octanol–water partition coefficient (Wildman–Crippen LogP) is 4.25. The van der Waals surface area contributed by atoms with Crippen molar-refractivity contribution in [2.45, 2.75) is 51.6 Å². The van der Waals surface area contributed by atoms with Gasteiger partial charge >= 0.3 is 0 Å². The first kappa shape index (κ1) is 23.9. The standard InChI is InChI=1S/C26H30F2N4O2/c1-17(2)25(32-16-29-22-14-20(27)21(28)15-23(22)32)26(34)31-12-10-19(11-13-31)30-24(33)9-8-18-6-4-3-5-7-18/h3-7,14-17,19,25H,8-13H2,1-2H3,(H,30,33). The molecule has 3 aromatic rings. The van der Waals surface area contributed by atoms with Crippen LogP contribution in [0.25, 0.3) is 11.0 Å². The normalized spacial score (nSPS) is 15.6. The highest BCUT2D eigenvalue weighted by molar-refractivity contribution is 5.84. The van der Waals surface area contributed by atoms with Crippen LogP contribution in [-0.2, 0) is 16.0 Å². The van der Waals surface area contributed by atoms with Crippen LogP contribution in [0.5, 0.6) is 0 Å². The zero-order valence-electron chi connectivity index (χ0n) is 19.5. The zero-order chi connectivity index (χ0) is 24.2. The Balaban J connectivity index is 1.36. The van der Waals surface area contributed by atoms with Crippen molar-refractivity contribution >= 4 is 22.8 Å². The SMILES string of the molecule is CC(C)C(C(=O)N1CCC(NC(=O)CCc2ccccc2)CC1)n1cnc2cc(F)c(F)cc21. The minimum absolute atomic E-state index is 0.0211. The van der Waals surface area contributed by atoms with Crippen molar-refractivity contribution in [3.8, 4) is 0 Å². The molecule has 1 unspecified atom stereocenters. The summed E-state index contributed by atoms with van der Waals surface area (Å²) in [6.45, 7) is 4.91. The first-order chi connectivity index (χ1) is 16.3. The van der Waals surface area contributed by atoms with Gasteiger partial charge in [-0.3, -0.25) is 9.59 Å². The number of carbonyl (C=O) groups excluding carboxylic acids is 2. The minimum atomic E-state index is -0.965. The summed E-state index contributed by atoms with van der Waals surface area (Å²) < 4.78 is 29.1. The maximum atomic E-state index is 13.9. The van der Waals surface area contributed by atoms with Crippen LogP contribution in [0.4, 0.5) is 8.78 Å². The van der Waals surface area contributed by atoms with Gasteiger partial charge < -0.3 is 14.8 Å². The average Bonchev–Trinajstić information content (AvgIpc) is 3.21. The number of nitrogens with zero attached hydrogens (tertiary/aromatic N) is 3. The molecule has 1 N–H and O–H groups in total. The van der Waals surface area contributed by atoms with Crippen LogP contribution < -0.4 is 5.32 Å². The van der Waals surface area contributed by atoms with E-state index in [-0.39, 0.29) is 23.8 Å². The van der Waals surface area contributed by atoms with E-state index in [1.807, 2.05) is 44.2 Å². The second-order valence-electron chi connectivity index (χ2n) is 9.25. The summed E-state index contributed by atoms with van der Waals surface area (Å²) in [5.41, 5.74) is 1.84. The molecule has 1 aromatic heterocycles. The van der Waals surface area contributed by atoms with Crippen LogP contribution in [0, 0.1) is 17.6 Å². The second kappa shape index (κ2) is 10.3. The molecule has 0 bridgehead atoms. The molecule has 8 heteroatoms. The third kappa shape index (κ3) is 5.26. The van der Waals surface area contributed by atoms with E-state index >= 15 is 0 Å². The van der Waals surface area contributed by atoms with Crippen LogP contribution in [-0.4, -0.2) is 45.4 Å². The lowest BCUT2D eigenvalue weighted by atomic mass is 9.99. The highest BCUT2D eigenvalue weighted by atomic mass is 19.2. The van der Waals surface area contributed by atoms with Crippen molar-refractivity contribution in [3.63, 3.8) is 0 Å². The fourth-order valence-corrected chi connectivity index (χ4v) is 4.60. The lowest BCUT2D eigenvalue weighted by molar-refractivity contribution is -0.137.